The summed E-state index contributed by atoms with van der Waals surface area (Å²) >= 11 is 0. The first-order chi connectivity index (χ1) is 16.7. The lowest BCUT2D eigenvalue weighted by molar-refractivity contribution is -0.138. The number of carbonyl (C=O) groups is 2. The number of hydrogen-bond acceptors (Lipinski definition) is 4. The fraction of sp³-hybridized carbons (Fsp3) is 0.519. The van der Waals surface area contributed by atoms with E-state index in [0.717, 1.165) is 36.7 Å². The Bertz CT molecular complexity index is 1090. The van der Waals surface area contributed by atoms with E-state index in [0.29, 0.717) is 17.9 Å². The van der Waals surface area contributed by atoms with Crippen LogP contribution >= 0.6 is 0 Å². The predicted molar refractivity (Wildman–Crippen MR) is 130 cm³/mol. The Kier molecular flexibility index (Phi) is 6.97. The first-order valence-corrected chi connectivity index (χ1v) is 12.8. The number of nitrogens with zero attached hydrogens (tertiary/aromatic N) is 3. The molecule has 0 spiro atoms. The molecule has 0 unspecified atom stereocenters. The lowest BCUT2D eigenvalue weighted by Gasteiger charge is -2.42. The molecule has 2 aliphatic rings. The summed E-state index contributed by atoms with van der Waals surface area (Å²) in [5.74, 6) is 0.836. The maximum absolute atomic E-state index is 13.9. The van der Waals surface area contributed by atoms with Crippen LogP contribution < -0.4 is 5.32 Å². The summed E-state index contributed by atoms with van der Waals surface area (Å²) in [6, 6.07) is 11.9. The number of amides is 2. The van der Waals surface area contributed by atoms with E-state index in [1.807, 2.05) is 28.8 Å². The van der Waals surface area contributed by atoms with E-state index >= 15 is 0 Å². The summed E-state index contributed by atoms with van der Waals surface area (Å²) < 4.78 is 7.19. The quantitative estimate of drug-likeness (QED) is 0.533. The lowest BCUT2D eigenvalue weighted by Crippen LogP contribution is -2.50. The maximum atomic E-state index is 13.9. The number of para-hydroxylation sites is 2. The fourth-order valence-electron chi connectivity index (χ4n) is 5.73. The van der Waals surface area contributed by atoms with Gasteiger partial charge < -0.3 is 19.2 Å². The average molecular weight is 463 g/mol. The first-order valence-electron chi connectivity index (χ1n) is 12.8. The van der Waals surface area contributed by atoms with Crippen molar-refractivity contribution < 1.29 is 14.0 Å². The van der Waals surface area contributed by atoms with Gasteiger partial charge in [0.25, 0.3) is 5.91 Å². The van der Waals surface area contributed by atoms with Crippen molar-refractivity contribution in [1.82, 2.24) is 19.8 Å². The predicted octanol–water partition coefficient (Wildman–Crippen LogP) is 5.05. The van der Waals surface area contributed by atoms with Gasteiger partial charge in [0, 0.05) is 12.1 Å². The van der Waals surface area contributed by atoms with Crippen molar-refractivity contribution in [2.24, 2.45) is 0 Å². The number of benzene rings is 1. The standard InChI is InChI=1S/C27H34N4O3/c32-26(31(20-10-3-1-4-11-20)21-12-5-2-6-13-21)19-30-23-15-8-7-14-22(23)29-25(30)18-28-27(33)24-16-9-17-34-24/h7-9,14-17,20-21H,1-6,10-13,18-19H2,(H,28,33). The van der Waals surface area contributed by atoms with Crippen LogP contribution in [0.3, 0.4) is 0 Å². The molecule has 7 heteroatoms. The zero-order chi connectivity index (χ0) is 23.3. The molecule has 1 aromatic carbocycles. The Morgan fingerprint density at radius 1 is 0.941 bits per heavy atom. The number of carbonyl (C=O) groups excluding carboxylic acids is 2. The van der Waals surface area contributed by atoms with Crippen LogP contribution in [0.2, 0.25) is 0 Å². The number of imidazole rings is 1. The smallest absolute Gasteiger partial charge is 0.287 e. The van der Waals surface area contributed by atoms with Crippen LogP contribution in [0.15, 0.2) is 47.1 Å². The van der Waals surface area contributed by atoms with Crippen LogP contribution in [0.1, 0.15) is 80.6 Å². The highest BCUT2D eigenvalue weighted by molar-refractivity contribution is 5.91. The summed E-state index contributed by atoms with van der Waals surface area (Å²) in [5, 5.41) is 2.89. The minimum absolute atomic E-state index is 0.181. The third-order valence-corrected chi connectivity index (χ3v) is 7.40. The molecular formula is C27H34N4O3. The second kappa shape index (κ2) is 10.5. The lowest BCUT2D eigenvalue weighted by atomic mass is 9.88. The highest BCUT2D eigenvalue weighted by Crippen LogP contribution is 2.31. The molecule has 5 rings (SSSR count). The van der Waals surface area contributed by atoms with E-state index in [-0.39, 0.29) is 30.7 Å². The minimum atomic E-state index is -0.291. The molecule has 2 saturated carbocycles. The molecule has 1 N–H and O–H groups in total. The molecule has 0 atom stereocenters. The number of furan rings is 1. The van der Waals surface area contributed by atoms with Crippen molar-refractivity contribution in [3.63, 3.8) is 0 Å². The van der Waals surface area contributed by atoms with E-state index in [4.69, 9.17) is 9.40 Å². The summed E-state index contributed by atoms with van der Waals surface area (Å²) in [4.78, 5) is 33.3. The molecule has 34 heavy (non-hydrogen) atoms. The average Bonchev–Trinajstić information content (AvgIpc) is 3.53. The third-order valence-electron chi connectivity index (χ3n) is 7.40. The molecule has 0 radical (unpaired) electrons. The summed E-state index contributed by atoms with van der Waals surface area (Å²) in [6.07, 6.45) is 13.3. The maximum Gasteiger partial charge on any atom is 0.287 e. The van der Waals surface area contributed by atoms with Gasteiger partial charge in [-0.15, -0.1) is 0 Å². The van der Waals surface area contributed by atoms with E-state index in [1.54, 1.807) is 12.1 Å². The van der Waals surface area contributed by atoms with Gasteiger partial charge in [0.15, 0.2) is 5.76 Å². The minimum Gasteiger partial charge on any atom is -0.459 e. The van der Waals surface area contributed by atoms with Gasteiger partial charge in [0.05, 0.1) is 23.8 Å². The van der Waals surface area contributed by atoms with Crippen LogP contribution in [-0.4, -0.2) is 38.3 Å². The third kappa shape index (κ3) is 4.88. The van der Waals surface area contributed by atoms with Gasteiger partial charge in [0.2, 0.25) is 5.91 Å². The SMILES string of the molecule is O=C(NCc1nc2ccccc2n1CC(=O)N(C1CCCCC1)C1CCCCC1)c1ccco1. The Hall–Kier alpha value is -3.09. The molecule has 7 nitrogen and oxygen atoms in total. The first kappa shape index (κ1) is 22.7. The van der Waals surface area contributed by atoms with Gasteiger partial charge in [0.1, 0.15) is 12.4 Å². The molecule has 180 valence electrons. The van der Waals surface area contributed by atoms with Crippen molar-refractivity contribution in [1.29, 1.82) is 0 Å². The van der Waals surface area contributed by atoms with Gasteiger partial charge in [-0.05, 0) is 49.9 Å². The number of aromatic nitrogens is 2. The second-order valence-electron chi connectivity index (χ2n) is 9.65. The molecule has 3 aromatic rings. The molecule has 2 amide bonds. The van der Waals surface area contributed by atoms with Gasteiger partial charge in [-0.3, -0.25) is 9.59 Å². The number of rotatable bonds is 7. The van der Waals surface area contributed by atoms with Crippen LogP contribution in [0, 0.1) is 0 Å². The molecule has 2 aromatic heterocycles. The largest absolute Gasteiger partial charge is 0.459 e. The van der Waals surface area contributed by atoms with Gasteiger partial charge >= 0.3 is 0 Å². The number of fused-ring (bicyclic) bond motifs is 1. The highest BCUT2D eigenvalue weighted by Gasteiger charge is 2.33. The Balaban J connectivity index is 1.39. The monoisotopic (exact) mass is 462 g/mol. The second-order valence-corrected chi connectivity index (χ2v) is 9.65. The van der Waals surface area contributed by atoms with Gasteiger partial charge in [-0.1, -0.05) is 50.7 Å². The zero-order valence-electron chi connectivity index (χ0n) is 19.7. The van der Waals surface area contributed by atoms with Crippen molar-refractivity contribution in [2.45, 2.75) is 89.4 Å². The molecule has 2 heterocycles. The Labute approximate surface area is 200 Å². The van der Waals surface area contributed by atoms with Gasteiger partial charge in [-0.25, -0.2) is 4.98 Å². The van der Waals surface area contributed by atoms with E-state index in [1.165, 1.54) is 44.8 Å². The van der Waals surface area contributed by atoms with Crippen LogP contribution in [0.5, 0.6) is 0 Å². The van der Waals surface area contributed by atoms with Crippen LogP contribution in [0.25, 0.3) is 11.0 Å². The molecule has 0 bridgehead atoms. The van der Waals surface area contributed by atoms with E-state index in [2.05, 4.69) is 10.2 Å². The summed E-state index contributed by atoms with van der Waals surface area (Å²) in [6.45, 7) is 0.480. The molecule has 0 saturated heterocycles. The van der Waals surface area contributed by atoms with Crippen molar-refractivity contribution in [2.75, 3.05) is 0 Å². The van der Waals surface area contributed by atoms with E-state index in [9.17, 15) is 9.59 Å². The van der Waals surface area contributed by atoms with Crippen molar-refractivity contribution >= 4 is 22.8 Å². The summed E-state index contributed by atoms with van der Waals surface area (Å²) in [5.41, 5.74) is 1.75. The topological polar surface area (TPSA) is 80.4 Å². The number of nitrogens with one attached hydrogen (secondary N) is 1. The Morgan fingerprint density at radius 3 is 2.26 bits per heavy atom. The molecular weight excluding hydrogens is 428 g/mol. The Morgan fingerprint density at radius 2 is 1.62 bits per heavy atom. The van der Waals surface area contributed by atoms with Crippen molar-refractivity contribution in [3.05, 3.63) is 54.2 Å². The fourth-order valence-corrected chi connectivity index (χ4v) is 5.73. The van der Waals surface area contributed by atoms with Gasteiger partial charge in [-0.2, -0.15) is 0 Å². The van der Waals surface area contributed by atoms with Crippen LogP contribution in [-0.2, 0) is 17.9 Å². The highest BCUT2D eigenvalue weighted by atomic mass is 16.3. The molecule has 0 aliphatic heterocycles. The number of hydrogen-bond donors (Lipinski definition) is 1. The zero-order valence-corrected chi connectivity index (χ0v) is 19.7. The molecule has 2 fully saturated rings. The summed E-state index contributed by atoms with van der Waals surface area (Å²) in [7, 11) is 0. The van der Waals surface area contributed by atoms with Crippen molar-refractivity contribution in [3.8, 4) is 0 Å². The normalized spacial score (nSPS) is 17.6. The molecule has 2 aliphatic carbocycles. The van der Waals surface area contributed by atoms with Crippen LogP contribution in [0.4, 0.5) is 0 Å². The van der Waals surface area contributed by atoms with E-state index < -0.39 is 0 Å².